The zero-order valence-corrected chi connectivity index (χ0v) is 13.7. The summed E-state index contributed by atoms with van der Waals surface area (Å²) in [6.07, 6.45) is 1.62. The Bertz CT molecular complexity index is 522. The molecule has 0 bridgehead atoms. The molecule has 1 aromatic carbocycles. The monoisotopic (exact) mass is 302 g/mol. The summed E-state index contributed by atoms with van der Waals surface area (Å²) in [5, 5.41) is 6.53. The fourth-order valence-corrected chi connectivity index (χ4v) is 2.47. The second-order valence-corrected chi connectivity index (χ2v) is 5.81. The van der Waals surface area contributed by atoms with Crippen molar-refractivity contribution in [3.05, 3.63) is 29.8 Å². The van der Waals surface area contributed by atoms with Crippen LogP contribution in [0.2, 0.25) is 0 Å². The van der Waals surface area contributed by atoms with E-state index in [1.165, 1.54) is 0 Å². The van der Waals surface area contributed by atoms with Gasteiger partial charge in [0.05, 0.1) is 6.54 Å². The van der Waals surface area contributed by atoms with E-state index in [1.54, 1.807) is 0 Å². The van der Waals surface area contributed by atoms with E-state index in [9.17, 15) is 4.79 Å². The molecule has 0 atom stereocenters. The van der Waals surface area contributed by atoms with E-state index in [-0.39, 0.29) is 5.91 Å². The number of carbonyl (C=O) groups excluding carboxylic acids is 1. The van der Waals surface area contributed by atoms with Crippen molar-refractivity contribution in [1.29, 1.82) is 0 Å². The maximum Gasteiger partial charge on any atom is 0.227 e. The first-order valence-electron chi connectivity index (χ1n) is 8.04. The minimum absolute atomic E-state index is 0.223. The average Bonchev–Trinajstić information content (AvgIpc) is 2.91. The lowest BCUT2D eigenvalue weighted by molar-refractivity contribution is -0.117. The summed E-state index contributed by atoms with van der Waals surface area (Å²) in [5.41, 5.74) is 2.12. The van der Waals surface area contributed by atoms with Gasteiger partial charge in [-0.15, -0.1) is 0 Å². The third kappa shape index (κ3) is 4.48. The van der Waals surface area contributed by atoms with E-state index < -0.39 is 0 Å². The summed E-state index contributed by atoms with van der Waals surface area (Å²) in [4.78, 5) is 18.2. The number of nitrogens with one attached hydrogen (secondary N) is 2. The first kappa shape index (κ1) is 16.3. The van der Waals surface area contributed by atoms with Crippen molar-refractivity contribution in [2.75, 3.05) is 18.0 Å². The van der Waals surface area contributed by atoms with E-state index in [4.69, 9.17) is 0 Å². The number of nitrogens with zero attached hydrogens (tertiary/aromatic N) is 2. The largest absolute Gasteiger partial charge is 0.357 e. The Labute approximate surface area is 132 Å². The van der Waals surface area contributed by atoms with E-state index in [2.05, 4.69) is 36.4 Å². The number of anilines is 1. The molecular formula is C17H26N4O. The van der Waals surface area contributed by atoms with Gasteiger partial charge in [-0.25, -0.2) is 4.99 Å². The van der Waals surface area contributed by atoms with Crippen LogP contribution in [-0.4, -0.2) is 31.0 Å². The zero-order valence-electron chi connectivity index (χ0n) is 13.7. The Morgan fingerprint density at radius 1 is 1.32 bits per heavy atom. The summed E-state index contributed by atoms with van der Waals surface area (Å²) in [6.45, 7) is 8.53. The molecule has 0 aliphatic carbocycles. The summed E-state index contributed by atoms with van der Waals surface area (Å²) in [7, 11) is 0. The van der Waals surface area contributed by atoms with Crippen LogP contribution in [0.4, 0.5) is 5.69 Å². The molecular weight excluding hydrogens is 276 g/mol. The van der Waals surface area contributed by atoms with E-state index in [0.29, 0.717) is 19.0 Å². The molecule has 1 aromatic rings. The first-order chi connectivity index (χ1) is 10.6. The van der Waals surface area contributed by atoms with Crippen LogP contribution in [0, 0.1) is 0 Å². The Morgan fingerprint density at radius 3 is 2.59 bits per heavy atom. The molecule has 1 saturated heterocycles. The summed E-state index contributed by atoms with van der Waals surface area (Å²) in [5.74, 6) is 1.05. The molecule has 1 aliphatic rings. The van der Waals surface area contributed by atoms with Crippen LogP contribution >= 0.6 is 0 Å². The minimum atomic E-state index is 0.223. The fraction of sp³-hybridized carbons (Fsp3) is 0.529. The van der Waals surface area contributed by atoms with Gasteiger partial charge in [-0.05, 0) is 44.9 Å². The standard InChI is InChI=1S/C17H26N4O/c1-4-18-17(20-13(2)3)19-12-14-7-9-15(10-8-14)21-11-5-6-16(21)22/h7-10,13H,4-6,11-12H2,1-3H3,(H2,18,19,20). The molecule has 2 rings (SSSR count). The van der Waals surface area contributed by atoms with Crippen molar-refractivity contribution in [2.24, 2.45) is 4.99 Å². The number of amides is 1. The molecule has 1 aliphatic heterocycles. The van der Waals surface area contributed by atoms with Crippen molar-refractivity contribution in [1.82, 2.24) is 10.6 Å². The number of rotatable bonds is 5. The predicted molar refractivity (Wildman–Crippen MR) is 91.1 cm³/mol. The maximum absolute atomic E-state index is 11.7. The van der Waals surface area contributed by atoms with Crippen LogP contribution in [0.5, 0.6) is 0 Å². The van der Waals surface area contributed by atoms with Crippen LogP contribution in [0.25, 0.3) is 0 Å². The van der Waals surface area contributed by atoms with Crippen molar-refractivity contribution in [2.45, 2.75) is 46.2 Å². The second-order valence-electron chi connectivity index (χ2n) is 5.81. The van der Waals surface area contributed by atoms with Gasteiger partial charge in [-0.1, -0.05) is 12.1 Å². The van der Waals surface area contributed by atoms with Crippen LogP contribution in [0.3, 0.4) is 0 Å². The number of aliphatic imine (C=N–C) groups is 1. The number of carbonyl (C=O) groups is 1. The number of guanidine groups is 1. The highest BCUT2D eigenvalue weighted by Gasteiger charge is 2.21. The molecule has 0 radical (unpaired) electrons. The Morgan fingerprint density at radius 2 is 2.05 bits per heavy atom. The average molecular weight is 302 g/mol. The van der Waals surface area contributed by atoms with Gasteiger partial charge in [0.15, 0.2) is 5.96 Å². The number of hydrogen-bond donors (Lipinski definition) is 2. The molecule has 1 fully saturated rings. The lowest BCUT2D eigenvalue weighted by Crippen LogP contribution is -2.40. The van der Waals surface area contributed by atoms with Crippen LogP contribution in [0.1, 0.15) is 39.2 Å². The second kappa shape index (κ2) is 7.82. The predicted octanol–water partition coefficient (Wildman–Crippen LogP) is 2.28. The van der Waals surface area contributed by atoms with E-state index in [1.807, 2.05) is 29.2 Å². The SMILES string of the molecule is CCNC(=NCc1ccc(N2CCCC2=O)cc1)NC(C)C. The molecule has 1 heterocycles. The summed E-state index contributed by atoms with van der Waals surface area (Å²) >= 11 is 0. The molecule has 22 heavy (non-hydrogen) atoms. The molecule has 1 amide bonds. The lowest BCUT2D eigenvalue weighted by atomic mass is 10.2. The highest BCUT2D eigenvalue weighted by atomic mass is 16.2. The van der Waals surface area contributed by atoms with Crippen LogP contribution < -0.4 is 15.5 Å². The molecule has 0 unspecified atom stereocenters. The number of benzene rings is 1. The fourth-order valence-electron chi connectivity index (χ4n) is 2.47. The van der Waals surface area contributed by atoms with Gasteiger partial charge in [0.25, 0.3) is 0 Å². The third-order valence-corrected chi connectivity index (χ3v) is 3.51. The first-order valence-corrected chi connectivity index (χ1v) is 8.04. The normalized spacial score (nSPS) is 15.5. The summed E-state index contributed by atoms with van der Waals surface area (Å²) in [6, 6.07) is 8.46. The van der Waals surface area contributed by atoms with E-state index >= 15 is 0 Å². The molecule has 2 N–H and O–H groups in total. The van der Waals surface area contributed by atoms with Gasteiger partial charge < -0.3 is 15.5 Å². The van der Waals surface area contributed by atoms with Crippen LogP contribution in [0.15, 0.2) is 29.3 Å². The van der Waals surface area contributed by atoms with Gasteiger partial charge in [-0.2, -0.15) is 0 Å². The zero-order chi connectivity index (χ0) is 15.9. The minimum Gasteiger partial charge on any atom is -0.357 e. The van der Waals surface area contributed by atoms with E-state index in [0.717, 1.165) is 36.7 Å². The van der Waals surface area contributed by atoms with Gasteiger partial charge >= 0.3 is 0 Å². The highest BCUT2D eigenvalue weighted by Crippen LogP contribution is 2.21. The van der Waals surface area contributed by atoms with Crippen molar-refractivity contribution in [3.63, 3.8) is 0 Å². The number of hydrogen-bond acceptors (Lipinski definition) is 2. The van der Waals surface area contributed by atoms with Gasteiger partial charge in [0.2, 0.25) is 5.91 Å². The Balaban J connectivity index is 1.99. The molecule has 5 nitrogen and oxygen atoms in total. The molecule has 0 aromatic heterocycles. The smallest absolute Gasteiger partial charge is 0.227 e. The van der Waals surface area contributed by atoms with Crippen LogP contribution in [-0.2, 0) is 11.3 Å². The molecule has 0 spiro atoms. The highest BCUT2D eigenvalue weighted by molar-refractivity contribution is 5.95. The van der Waals surface area contributed by atoms with Crippen molar-refractivity contribution in [3.8, 4) is 0 Å². The molecule has 120 valence electrons. The quantitative estimate of drug-likeness (QED) is 0.648. The van der Waals surface area contributed by atoms with Crippen molar-refractivity contribution < 1.29 is 4.79 Å². The van der Waals surface area contributed by atoms with Gasteiger partial charge in [0.1, 0.15) is 0 Å². The Kier molecular flexibility index (Phi) is 5.81. The topological polar surface area (TPSA) is 56.7 Å². The van der Waals surface area contributed by atoms with Crippen molar-refractivity contribution >= 4 is 17.6 Å². The van der Waals surface area contributed by atoms with Gasteiger partial charge in [0, 0.05) is 31.2 Å². The Hall–Kier alpha value is -2.04. The van der Waals surface area contributed by atoms with Gasteiger partial charge in [-0.3, -0.25) is 4.79 Å². The lowest BCUT2D eigenvalue weighted by Gasteiger charge is -2.16. The molecule has 0 saturated carbocycles. The summed E-state index contributed by atoms with van der Waals surface area (Å²) < 4.78 is 0. The maximum atomic E-state index is 11.7. The molecule has 5 heteroatoms. The third-order valence-electron chi connectivity index (χ3n) is 3.51.